The summed E-state index contributed by atoms with van der Waals surface area (Å²) < 4.78 is 7.32. The quantitative estimate of drug-likeness (QED) is 0.324. The number of aromatic nitrogens is 2. The zero-order chi connectivity index (χ0) is 27.9. The molecular weight excluding hydrogens is 533 g/mol. The molecule has 8 heteroatoms. The first kappa shape index (κ1) is 27.2. The molecule has 6 nitrogen and oxygen atoms in total. The highest BCUT2D eigenvalue weighted by molar-refractivity contribution is 6.35. The first-order valence-electron chi connectivity index (χ1n) is 13.1. The van der Waals surface area contributed by atoms with E-state index in [0.717, 1.165) is 22.4 Å². The van der Waals surface area contributed by atoms with Crippen molar-refractivity contribution in [2.24, 2.45) is 5.41 Å². The summed E-state index contributed by atoms with van der Waals surface area (Å²) in [5.41, 5.74) is 5.63. The number of hydrogen-bond acceptors (Lipinski definition) is 5. The second-order valence-electron chi connectivity index (χ2n) is 10.9. The number of rotatable bonds is 6. The molecule has 1 atom stereocenters. The number of ketones is 1. The Balaban J connectivity index is 1.72. The highest BCUT2D eigenvalue weighted by atomic mass is 35.5. The van der Waals surface area contributed by atoms with Crippen LogP contribution in [0.15, 0.2) is 77.3 Å². The molecule has 0 saturated carbocycles. The fraction of sp³-hybridized carbons (Fsp3) is 0.323. The van der Waals surface area contributed by atoms with Gasteiger partial charge < -0.3 is 10.1 Å². The molecule has 3 aromatic rings. The van der Waals surface area contributed by atoms with Crippen LogP contribution in [0.2, 0.25) is 10.0 Å². The minimum absolute atomic E-state index is 0.0283. The van der Waals surface area contributed by atoms with Crippen LogP contribution >= 0.6 is 23.2 Å². The van der Waals surface area contributed by atoms with Crippen LogP contribution < -0.4 is 5.32 Å². The number of nitrogens with one attached hydrogen (secondary N) is 1. The smallest absolute Gasteiger partial charge is 0.336 e. The topological polar surface area (TPSA) is 73.2 Å². The van der Waals surface area contributed by atoms with Gasteiger partial charge in [0.05, 0.1) is 30.3 Å². The Labute approximate surface area is 238 Å². The number of dihydropyridines is 1. The average Bonchev–Trinajstić information content (AvgIpc) is 3.28. The Kier molecular flexibility index (Phi) is 7.45. The molecule has 1 aliphatic heterocycles. The van der Waals surface area contributed by atoms with Crippen LogP contribution in [0, 0.1) is 5.41 Å². The number of allylic oxidation sites excluding steroid dienone is 3. The molecule has 1 N–H and O–H groups in total. The van der Waals surface area contributed by atoms with Gasteiger partial charge in [0.2, 0.25) is 0 Å². The third-order valence-corrected chi connectivity index (χ3v) is 7.82. The Morgan fingerprint density at radius 3 is 2.59 bits per heavy atom. The molecule has 0 saturated heterocycles. The molecule has 1 aliphatic carbocycles. The third-order valence-electron chi connectivity index (χ3n) is 7.23. The van der Waals surface area contributed by atoms with Crippen LogP contribution in [0.3, 0.4) is 0 Å². The number of Topliss-reactive ketones (excluding diaryl/α,β-unsaturated/α-hetero) is 1. The lowest BCUT2D eigenvalue weighted by Crippen LogP contribution is -2.38. The zero-order valence-corrected chi connectivity index (χ0v) is 24.0. The molecule has 0 fully saturated rings. The number of hydrogen-bond donors (Lipinski definition) is 1. The molecule has 39 heavy (non-hydrogen) atoms. The lowest BCUT2D eigenvalue weighted by molar-refractivity contribution is -0.138. The summed E-state index contributed by atoms with van der Waals surface area (Å²) in [7, 11) is 0. The van der Waals surface area contributed by atoms with Crippen LogP contribution in [-0.4, -0.2) is 28.1 Å². The van der Waals surface area contributed by atoms with Gasteiger partial charge in [0, 0.05) is 50.8 Å². The number of carbonyl (C=O) groups excluding carboxylic acids is 2. The summed E-state index contributed by atoms with van der Waals surface area (Å²) in [6.45, 7) is 8.46. The number of esters is 1. The van der Waals surface area contributed by atoms with Crippen molar-refractivity contribution in [3.8, 4) is 11.3 Å². The molecule has 0 unspecified atom stereocenters. The van der Waals surface area contributed by atoms with Crippen molar-refractivity contribution in [3.63, 3.8) is 0 Å². The largest absolute Gasteiger partial charge is 0.463 e. The van der Waals surface area contributed by atoms with Crippen LogP contribution in [0.25, 0.3) is 11.3 Å². The highest BCUT2D eigenvalue weighted by Crippen LogP contribution is 2.48. The fourth-order valence-electron chi connectivity index (χ4n) is 5.60. The number of benzene rings is 2. The first-order valence-corrected chi connectivity index (χ1v) is 13.8. The molecule has 0 spiro atoms. The lowest BCUT2D eigenvalue weighted by Gasteiger charge is -2.39. The van der Waals surface area contributed by atoms with Crippen molar-refractivity contribution in [2.75, 3.05) is 6.61 Å². The predicted octanol–water partition coefficient (Wildman–Crippen LogP) is 7.07. The Hall–Kier alpha value is -3.35. The molecule has 0 bridgehead atoms. The van der Waals surface area contributed by atoms with Gasteiger partial charge in [-0.1, -0.05) is 73.4 Å². The van der Waals surface area contributed by atoms with E-state index in [-0.39, 0.29) is 17.8 Å². The lowest BCUT2D eigenvalue weighted by atomic mass is 9.68. The van der Waals surface area contributed by atoms with Gasteiger partial charge in [-0.3, -0.25) is 9.48 Å². The van der Waals surface area contributed by atoms with Gasteiger partial charge in [-0.15, -0.1) is 0 Å². The van der Waals surface area contributed by atoms with Gasteiger partial charge in [0.25, 0.3) is 0 Å². The average molecular weight is 565 g/mol. The monoisotopic (exact) mass is 563 g/mol. The summed E-state index contributed by atoms with van der Waals surface area (Å²) in [6, 6.07) is 15.2. The zero-order valence-electron chi connectivity index (χ0n) is 22.5. The van der Waals surface area contributed by atoms with Crippen LogP contribution in [-0.2, 0) is 20.9 Å². The maximum Gasteiger partial charge on any atom is 0.336 e. The van der Waals surface area contributed by atoms with E-state index < -0.39 is 11.9 Å². The van der Waals surface area contributed by atoms with E-state index in [1.54, 1.807) is 19.1 Å². The van der Waals surface area contributed by atoms with Crippen LogP contribution in [0.5, 0.6) is 0 Å². The van der Waals surface area contributed by atoms with Gasteiger partial charge in [-0.25, -0.2) is 4.79 Å². The summed E-state index contributed by atoms with van der Waals surface area (Å²) in [5, 5.41) is 9.46. The van der Waals surface area contributed by atoms with Crippen molar-refractivity contribution >= 4 is 35.0 Å². The van der Waals surface area contributed by atoms with Crippen molar-refractivity contribution < 1.29 is 14.3 Å². The number of nitrogens with zero attached hydrogens (tertiary/aromatic N) is 2. The minimum Gasteiger partial charge on any atom is -0.463 e. The SMILES string of the molecule is CCOC(=O)C1=C(C)NC2=C(C(=O)CC(C)(C)C2)[C@H]1c1cn(Cc2ccc(Cl)cc2Cl)nc1-c1ccccc1. The van der Waals surface area contributed by atoms with E-state index in [2.05, 4.69) is 19.2 Å². The first-order chi connectivity index (χ1) is 18.6. The van der Waals surface area contributed by atoms with Gasteiger partial charge in [0.1, 0.15) is 0 Å². The van der Waals surface area contributed by atoms with E-state index in [9.17, 15) is 9.59 Å². The van der Waals surface area contributed by atoms with Gasteiger partial charge >= 0.3 is 5.97 Å². The summed E-state index contributed by atoms with van der Waals surface area (Å²) in [5.74, 6) is -1.03. The second kappa shape index (κ2) is 10.7. The van der Waals surface area contributed by atoms with E-state index in [0.29, 0.717) is 52.0 Å². The van der Waals surface area contributed by atoms with E-state index in [1.807, 2.05) is 54.2 Å². The maximum atomic E-state index is 13.8. The standard InChI is InChI=1S/C31H31Cl2N3O3/c1-5-39-30(38)26-18(2)34-24-14-31(3,4)15-25(37)28(24)27(26)22-17-36(16-20-11-12-21(32)13-23(20)33)35-29(22)19-9-7-6-8-10-19/h6-13,17,27,34H,5,14-16H2,1-4H3/t27-/m0/s1. The normalized spacial score (nSPS) is 18.6. The molecule has 202 valence electrons. The fourth-order valence-corrected chi connectivity index (χ4v) is 6.07. The Morgan fingerprint density at radius 2 is 1.90 bits per heavy atom. The van der Waals surface area contributed by atoms with E-state index >= 15 is 0 Å². The van der Waals surface area contributed by atoms with Crippen molar-refractivity contribution in [1.29, 1.82) is 0 Å². The van der Waals surface area contributed by atoms with E-state index in [4.69, 9.17) is 33.0 Å². The molecule has 2 aromatic carbocycles. The van der Waals surface area contributed by atoms with Crippen molar-refractivity contribution in [1.82, 2.24) is 15.1 Å². The highest BCUT2D eigenvalue weighted by Gasteiger charge is 2.44. The van der Waals surface area contributed by atoms with Crippen molar-refractivity contribution in [3.05, 3.63) is 98.4 Å². The number of carbonyl (C=O) groups is 2. The molecule has 0 amide bonds. The number of halogens is 2. The molecule has 2 heterocycles. The van der Waals surface area contributed by atoms with Crippen LogP contribution in [0.4, 0.5) is 0 Å². The molecule has 1 aromatic heterocycles. The summed E-state index contributed by atoms with van der Waals surface area (Å²) in [4.78, 5) is 27.2. The predicted molar refractivity (Wildman–Crippen MR) is 153 cm³/mol. The Bertz CT molecular complexity index is 1520. The van der Waals surface area contributed by atoms with Gasteiger partial charge in [-0.05, 0) is 43.4 Å². The van der Waals surface area contributed by atoms with E-state index in [1.165, 1.54) is 0 Å². The molecule has 0 radical (unpaired) electrons. The maximum absolute atomic E-state index is 13.8. The number of ether oxygens (including phenoxy) is 1. The third kappa shape index (κ3) is 5.41. The molecular formula is C31H31Cl2N3O3. The van der Waals surface area contributed by atoms with Gasteiger partial charge in [0.15, 0.2) is 5.78 Å². The summed E-state index contributed by atoms with van der Waals surface area (Å²) >= 11 is 12.6. The second-order valence-corrected chi connectivity index (χ2v) is 11.7. The van der Waals surface area contributed by atoms with Crippen LogP contribution in [0.1, 0.15) is 57.6 Å². The van der Waals surface area contributed by atoms with Crippen molar-refractivity contribution in [2.45, 2.75) is 53.0 Å². The molecule has 5 rings (SSSR count). The minimum atomic E-state index is -0.617. The van der Waals surface area contributed by atoms with Gasteiger partial charge in [-0.2, -0.15) is 5.10 Å². The Morgan fingerprint density at radius 1 is 1.15 bits per heavy atom. The molecule has 2 aliphatic rings. The summed E-state index contributed by atoms with van der Waals surface area (Å²) in [6.07, 6.45) is 3.02.